The molecule has 0 unspecified atom stereocenters. The van der Waals surface area contributed by atoms with Gasteiger partial charge in [-0.05, 0) is 30.5 Å². The van der Waals surface area contributed by atoms with E-state index in [2.05, 4.69) is 0 Å². The van der Waals surface area contributed by atoms with Gasteiger partial charge in [0, 0.05) is 13.1 Å². The third-order valence-corrected chi connectivity index (χ3v) is 3.39. The number of carbonyl (C=O) groups excluding carboxylic acids is 1. The van der Waals surface area contributed by atoms with E-state index in [4.69, 9.17) is 5.11 Å². The third-order valence-electron chi connectivity index (χ3n) is 3.39. The summed E-state index contributed by atoms with van der Waals surface area (Å²) in [6.45, 7) is 0.897. The van der Waals surface area contributed by atoms with E-state index in [1.807, 2.05) is 0 Å². The maximum Gasteiger partial charge on any atom is 0.308 e. The Kier molecular flexibility index (Phi) is 4.04. The number of aliphatic carboxylic acids is 1. The fraction of sp³-hybridized carbons (Fsp3) is 0.429. The molecule has 1 aromatic rings. The largest absolute Gasteiger partial charge is 0.508 e. The highest BCUT2D eigenvalue weighted by Gasteiger charge is 2.27. The van der Waals surface area contributed by atoms with Crippen LogP contribution < -0.4 is 0 Å². The van der Waals surface area contributed by atoms with Crippen molar-refractivity contribution in [1.82, 2.24) is 4.90 Å². The number of hydrogen-bond acceptors (Lipinski definition) is 3. The normalized spacial score (nSPS) is 19.2. The molecule has 1 fully saturated rings. The SMILES string of the molecule is O=C(O)[C@@H]1CCCN(C(=O)Cc2cccc(O)c2)C1. The highest BCUT2D eigenvalue weighted by molar-refractivity contribution is 5.80. The van der Waals surface area contributed by atoms with Crippen LogP contribution in [-0.4, -0.2) is 40.1 Å². The number of carbonyl (C=O) groups is 2. The number of piperidine rings is 1. The van der Waals surface area contributed by atoms with Gasteiger partial charge in [0.25, 0.3) is 0 Å². The Hall–Kier alpha value is -2.04. The second-order valence-corrected chi connectivity index (χ2v) is 4.86. The molecule has 1 aliphatic heterocycles. The second kappa shape index (κ2) is 5.73. The van der Waals surface area contributed by atoms with E-state index in [1.165, 1.54) is 0 Å². The monoisotopic (exact) mass is 263 g/mol. The lowest BCUT2D eigenvalue weighted by Crippen LogP contribution is -2.42. The molecule has 0 aromatic heterocycles. The van der Waals surface area contributed by atoms with Gasteiger partial charge in [0.1, 0.15) is 5.75 Å². The van der Waals surface area contributed by atoms with Crippen LogP contribution in [0.2, 0.25) is 0 Å². The van der Waals surface area contributed by atoms with Crippen molar-refractivity contribution < 1.29 is 19.8 Å². The maximum absolute atomic E-state index is 12.1. The Morgan fingerprint density at radius 2 is 2.16 bits per heavy atom. The Morgan fingerprint density at radius 1 is 1.37 bits per heavy atom. The molecule has 1 aliphatic rings. The standard InChI is InChI=1S/C14H17NO4/c16-12-5-1-3-10(7-12)8-13(17)15-6-2-4-11(9-15)14(18)19/h1,3,5,7,11,16H,2,4,6,8-9H2,(H,18,19)/t11-/m1/s1. The molecule has 0 spiro atoms. The number of nitrogens with zero attached hydrogens (tertiary/aromatic N) is 1. The molecule has 1 saturated heterocycles. The molecule has 2 N–H and O–H groups in total. The van der Waals surface area contributed by atoms with Gasteiger partial charge in [0.15, 0.2) is 0 Å². The van der Waals surface area contributed by atoms with Crippen molar-refractivity contribution in [3.63, 3.8) is 0 Å². The predicted octanol–water partition coefficient (Wildman–Crippen LogP) is 1.26. The first-order chi connectivity index (χ1) is 9.06. The second-order valence-electron chi connectivity index (χ2n) is 4.86. The number of aromatic hydroxyl groups is 1. The first-order valence-electron chi connectivity index (χ1n) is 6.35. The van der Waals surface area contributed by atoms with Crippen molar-refractivity contribution in [2.45, 2.75) is 19.3 Å². The van der Waals surface area contributed by atoms with Gasteiger partial charge in [0.05, 0.1) is 12.3 Å². The zero-order chi connectivity index (χ0) is 13.8. The first-order valence-corrected chi connectivity index (χ1v) is 6.35. The van der Waals surface area contributed by atoms with E-state index < -0.39 is 11.9 Å². The molecule has 1 aromatic carbocycles. The summed E-state index contributed by atoms with van der Waals surface area (Å²) >= 11 is 0. The summed E-state index contributed by atoms with van der Waals surface area (Å²) in [5.74, 6) is -1.25. The van der Waals surface area contributed by atoms with Gasteiger partial charge >= 0.3 is 5.97 Å². The van der Waals surface area contributed by atoms with Gasteiger partial charge in [-0.15, -0.1) is 0 Å². The Labute approximate surface area is 111 Å². The number of phenols is 1. The van der Waals surface area contributed by atoms with E-state index in [0.29, 0.717) is 13.0 Å². The summed E-state index contributed by atoms with van der Waals surface area (Å²) in [6, 6.07) is 6.57. The lowest BCUT2D eigenvalue weighted by molar-refractivity contribution is -0.145. The van der Waals surface area contributed by atoms with Crippen LogP contribution in [-0.2, 0) is 16.0 Å². The van der Waals surface area contributed by atoms with Crippen LogP contribution >= 0.6 is 0 Å². The minimum absolute atomic E-state index is 0.0865. The highest BCUT2D eigenvalue weighted by Crippen LogP contribution is 2.18. The van der Waals surface area contributed by atoms with Gasteiger partial charge in [0.2, 0.25) is 5.91 Å². The topological polar surface area (TPSA) is 77.8 Å². The fourth-order valence-corrected chi connectivity index (χ4v) is 2.36. The zero-order valence-electron chi connectivity index (χ0n) is 10.6. The lowest BCUT2D eigenvalue weighted by Gasteiger charge is -2.30. The van der Waals surface area contributed by atoms with Crippen molar-refractivity contribution >= 4 is 11.9 Å². The summed E-state index contributed by atoms with van der Waals surface area (Å²) in [6.07, 6.45) is 1.55. The van der Waals surface area contributed by atoms with Crippen LogP contribution in [0.5, 0.6) is 5.75 Å². The van der Waals surface area contributed by atoms with E-state index in [0.717, 1.165) is 12.0 Å². The number of likely N-dealkylation sites (tertiary alicyclic amines) is 1. The van der Waals surface area contributed by atoms with Crippen LogP contribution in [0.4, 0.5) is 0 Å². The van der Waals surface area contributed by atoms with Gasteiger partial charge in [-0.1, -0.05) is 12.1 Å². The molecular weight excluding hydrogens is 246 g/mol. The van der Waals surface area contributed by atoms with E-state index in [1.54, 1.807) is 29.2 Å². The number of carboxylic acids is 1. The third kappa shape index (κ3) is 3.47. The fourth-order valence-electron chi connectivity index (χ4n) is 2.36. The summed E-state index contributed by atoms with van der Waals surface area (Å²) in [5.41, 5.74) is 0.738. The summed E-state index contributed by atoms with van der Waals surface area (Å²) in [7, 11) is 0. The first kappa shape index (κ1) is 13.4. The molecule has 1 atom stereocenters. The van der Waals surface area contributed by atoms with Crippen LogP contribution in [0.3, 0.4) is 0 Å². The molecule has 19 heavy (non-hydrogen) atoms. The molecule has 2 rings (SSSR count). The van der Waals surface area contributed by atoms with Crippen LogP contribution in [0.25, 0.3) is 0 Å². The number of amides is 1. The van der Waals surface area contributed by atoms with Crippen molar-refractivity contribution in [2.75, 3.05) is 13.1 Å². The number of carboxylic acid groups (broad SMARTS) is 1. The van der Waals surface area contributed by atoms with Crippen LogP contribution in [0.1, 0.15) is 18.4 Å². The molecule has 5 nitrogen and oxygen atoms in total. The Morgan fingerprint density at radius 3 is 2.84 bits per heavy atom. The molecule has 0 bridgehead atoms. The van der Waals surface area contributed by atoms with Crippen LogP contribution in [0, 0.1) is 5.92 Å². The van der Waals surface area contributed by atoms with Gasteiger partial charge < -0.3 is 15.1 Å². The Balaban J connectivity index is 1.98. The van der Waals surface area contributed by atoms with E-state index in [-0.39, 0.29) is 24.6 Å². The number of hydrogen-bond donors (Lipinski definition) is 2. The summed E-state index contributed by atoms with van der Waals surface area (Å²) in [5, 5.41) is 18.3. The molecule has 0 saturated carbocycles. The molecule has 0 aliphatic carbocycles. The number of rotatable bonds is 3. The minimum Gasteiger partial charge on any atom is -0.508 e. The quantitative estimate of drug-likeness (QED) is 0.860. The Bertz CT molecular complexity index is 486. The van der Waals surface area contributed by atoms with Crippen molar-refractivity contribution in [3.05, 3.63) is 29.8 Å². The average Bonchev–Trinajstić information content (AvgIpc) is 2.39. The van der Waals surface area contributed by atoms with Crippen LogP contribution in [0.15, 0.2) is 24.3 Å². The molecule has 1 amide bonds. The van der Waals surface area contributed by atoms with Crippen molar-refractivity contribution in [1.29, 1.82) is 0 Å². The average molecular weight is 263 g/mol. The maximum atomic E-state index is 12.1. The molecular formula is C14H17NO4. The predicted molar refractivity (Wildman–Crippen MR) is 68.8 cm³/mol. The molecule has 1 heterocycles. The molecule has 0 radical (unpaired) electrons. The lowest BCUT2D eigenvalue weighted by atomic mass is 9.97. The van der Waals surface area contributed by atoms with Crippen molar-refractivity contribution in [3.8, 4) is 5.75 Å². The summed E-state index contributed by atoms with van der Waals surface area (Å²) in [4.78, 5) is 24.7. The van der Waals surface area contributed by atoms with Gasteiger partial charge in [-0.2, -0.15) is 0 Å². The molecule has 5 heteroatoms. The molecule has 102 valence electrons. The van der Waals surface area contributed by atoms with Gasteiger partial charge in [-0.3, -0.25) is 9.59 Å². The number of phenolic OH excluding ortho intramolecular Hbond substituents is 1. The minimum atomic E-state index is -0.838. The van der Waals surface area contributed by atoms with E-state index >= 15 is 0 Å². The van der Waals surface area contributed by atoms with Gasteiger partial charge in [-0.25, -0.2) is 0 Å². The van der Waals surface area contributed by atoms with Crippen molar-refractivity contribution in [2.24, 2.45) is 5.92 Å². The smallest absolute Gasteiger partial charge is 0.308 e. The summed E-state index contributed by atoms with van der Waals surface area (Å²) < 4.78 is 0. The number of benzene rings is 1. The zero-order valence-corrected chi connectivity index (χ0v) is 10.6. The van der Waals surface area contributed by atoms with E-state index in [9.17, 15) is 14.7 Å². The highest BCUT2D eigenvalue weighted by atomic mass is 16.4.